The summed E-state index contributed by atoms with van der Waals surface area (Å²) in [6.45, 7) is 0. The van der Waals surface area contributed by atoms with Gasteiger partial charge in [-0.25, -0.2) is 4.98 Å². The summed E-state index contributed by atoms with van der Waals surface area (Å²) in [7, 11) is 0. The topological polar surface area (TPSA) is 71.8 Å². The van der Waals surface area contributed by atoms with E-state index in [0.717, 1.165) is 22.6 Å². The van der Waals surface area contributed by atoms with Gasteiger partial charge in [-0.2, -0.15) is 0 Å². The maximum absolute atomic E-state index is 10.6. The van der Waals surface area contributed by atoms with E-state index in [9.17, 15) is 10.1 Å². The van der Waals surface area contributed by atoms with Gasteiger partial charge in [-0.15, -0.1) is 0 Å². The summed E-state index contributed by atoms with van der Waals surface area (Å²) in [4.78, 5) is 17.9. The van der Waals surface area contributed by atoms with E-state index in [0.29, 0.717) is 6.42 Å². The van der Waals surface area contributed by atoms with Crippen molar-refractivity contribution in [3.63, 3.8) is 0 Å². The Bertz CT molecular complexity index is 749. The molecule has 0 aliphatic heterocycles. The van der Waals surface area contributed by atoms with Gasteiger partial charge in [-0.1, -0.05) is 42.5 Å². The lowest BCUT2D eigenvalue weighted by Gasteiger charge is -1.99. The minimum Gasteiger partial charge on any atom is -0.342 e. The average Bonchev–Trinajstić information content (AvgIpc) is 2.97. The average molecular weight is 279 g/mol. The van der Waals surface area contributed by atoms with Gasteiger partial charge in [0.15, 0.2) is 0 Å². The number of aromatic amines is 1. The second-order valence-corrected chi connectivity index (χ2v) is 4.72. The molecule has 0 spiro atoms. The van der Waals surface area contributed by atoms with Crippen LogP contribution in [0.15, 0.2) is 60.8 Å². The van der Waals surface area contributed by atoms with E-state index in [2.05, 4.69) is 9.97 Å². The number of nitro groups is 1. The maximum Gasteiger partial charge on any atom is 0.269 e. The zero-order valence-corrected chi connectivity index (χ0v) is 11.2. The number of hydrogen-bond acceptors (Lipinski definition) is 3. The highest BCUT2D eigenvalue weighted by atomic mass is 16.6. The number of rotatable bonds is 4. The van der Waals surface area contributed by atoms with Gasteiger partial charge < -0.3 is 4.98 Å². The van der Waals surface area contributed by atoms with Crippen LogP contribution in [-0.2, 0) is 6.42 Å². The van der Waals surface area contributed by atoms with Gasteiger partial charge in [0, 0.05) is 36.0 Å². The number of hydrogen-bond donors (Lipinski definition) is 1. The standard InChI is InChI=1S/C16H13N3O2/c20-19(21)15-8-6-12(7-9-15)10-14-11-17-16(18-14)13-4-2-1-3-5-13/h1-9,11H,10H2,(H,17,18). The Labute approximate surface area is 121 Å². The number of nitro benzene ring substituents is 1. The summed E-state index contributed by atoms with van der Waals surface area (Å²) in [5.41, 5.74) is 3.12. The molecule has 1 heterocycles. The van der Waals surface area contributed by atoms with E-state index in [1.165, 1.54) is 12.1 Å². The third kappa shape index (κ3) is 2.97. The smallest absolute Gasteiger partial charge is 0.269 e. The lowest BCUT2D eigenvalue weighted by atomic mass is 10.1. The predicted molar refractivity (Wildman–Crippen MR) is 79.9 cm³/mol. The number of aromatic nitrogens is 2. The van der Waals surface area contributed by atoms with E-state index in [1.807, 2.05) is 30.3 Å². The molecule has 0 aliphatic rings. The number of H-pyrrole nitrogens is 1. The monoisotopic (exact) mass is 279 g/mol. The molecule has 2 aromatic carbocycles. The van der Waals surface area contributed by atoms with Crippen molar-refractivity contribution >= 4 is 5.69 Å². The Kier molecular flexibility index (Phi) is 3.47. The van der Waals surface area contributed by atoms with Gasteiger partial charge in [0.25, 0.3) is 5.69 Å². The molecule has 3 rings (SSSR count). The zero-order chi connectivity index (χ0) is 14.7. The highest BCUT2D eigenvalue weighted by Gasteiger charge is 2.06. The zero-order valence-electron chi connectivity index (χ0n) is 11.2. The minimum absolute atomic E-state index is 0.105. The Morgan fingerprint density at radius 2 is 1.76 bits per heavy atom. The van der Waals surface area contributed by atoms with Crippen LogP contribution in [0.5, 0.6) is 0 Å². The number of imidazole rings is 1. The number of nitrogens with one attached hydrogen (secondary N) is 1. The lowest BCUT2D eigenvalue weighted by Crippen LogP contribution is -1.91. The molecule has 0 saturated heterocycles. The second kappa shape index (κ2) is 5.58. The Balaban J connectivity index is 1.77. The van der Waals surface area contributed by atoms with Crippen LogP contribution in [0.2, 0.25) is 0 Å². The molecule has 1 N–H and O–H groups in total. The predicted octanol–water partition coefficient (Wildman–Crippen LogP) is 3.58. The van der Waals surface area contributed by atoms with Crippen molar-refractivity contribution in [1.82, 2.24) is 9.97 Å². The van der Waals surface area contributed by atoms with Gasteiger partial charge in [-0.05, 0) is 5.56 Å². The van der Waals surface area contributed by atoms with Gasteiger partial charge >= 0.3 is 0 Å². The summed E-state index contributed by atoms with van der Waals surface area (Å²) in [5, 5.41) is 10.6. The van der Waals surface area contributed by atoms with Crippen LogP contribution in [0.3, 0.4) is 0 Å². The van der Waals surface area contributed by atoms with E-state index in [-0.39, 0.29) is 5.69 Å². The molecule has 0 unspecified atom stereocenters. The molecule has 0 saturated carbocycles. The number of nitrogens with zero attached hydrogens (tertiary/aromatic N) is 2. The van der Waals surface area contributed by atoms with Gasteiger partial charge in [0.05, 0.1) is 4.92 Å². The summed E-state index contributed by atoms with van der Waals surface area (Å²) in [6.07, 6.45) is 2.46. The van der Waals surface area contributed by atoms with Crippen molar-refractivity contribution in [2.24, 2.45) is 0 Å². The first kappa shape index (κ1) is 13.1. The van der Waals surface area contributed by atoms with E-state index < -0.39 is 4.92 Å². The third-order valence-corrected chi connectivity index (χ3v) is 3.22. The summed E-state index contributed by atoms with van der Waals surface area (Å²) in [5.74, 6) is 0.826. The Hall–Kier alpha value is -2.95. The molecule has 0 fully saturated rings. The molecule has 3 aromatic rings. The molecule has 5 heteroatoms. The normalized spacial score (nSPS) is 10.5. The molecule has 0 aliphatic carbocycles. The fourth-order valence-electron chi connectivity index (χ4n) is 2.15. The van der Waals surface area contributed by atoms with Crippen LogP contribution in [-0.4, -0.2) is 14.9 Å². The molecule has 0 atom stereocenters. The highest BCUT2D eigenvalue weighted by Crippen LogP contribution is 2.18. The van der Waals surface area contributed by atoms with Crippen molar-refractivity contribution in [2.75, 3.05) is 0 Å². The largest absolute Gasteiger partial charge is 0.342 e. The van der Waals surface area contributed by atoms with Crippen LogP contribution >= 0.6 is 0 Å². The first-order chi connectivity index (χ1) is 10.2. The second-order valence-electron chi connectivity index (χ2n) is 4.72. The molecule has 0 radical (unpaired) electrons. The fourth-order valence-corrected chi connectivity index (χ4v) is 2.15. The minimum atomic E-state index is -0.395. The fraction of sp³-hybridized carbons (Fsp3) is 0.0625. The quantitative estimate of drug-likeness (QED) is 0.586. The van der Waals surface area contributed by atoms with Crippen LogP contribution in [0.4, 0.5) is 5.69 Å². The van der Waals surface area contributed by atoms with E-state index in [4.69, 9.17) is 0 Å². The van der Waals surface area contributed by atoms with E-state index in [1.54, 1.807) is 18.3 Å². The Morgan fingerprint density at radius 1 is 1.05 bits per heavy atom. The van der Waals surface area contributed by atoms with Crippen LogP contribution < -0.4 is 0 Å². The molecule has 0 amide bonds. The molecular weight excluding hydrogens is 266 g/mol. The molecule has 5 nitrogen and oxygen atoms in total. The van der Waals surface area contributed by atoms with Gasteiger partial charge in [0.2, 0.25) is 0 Å². The first-order valence-corrected chi connectivity index (χ1v) is 6.55. The maximum atomic E-state index is 10.6. The van der Waals surface area contributed by atoms with Crippen LogP contribution in [0.1, 0.15) is 11.3 Å². The lowest BCUT2D eigenvalue weighted by molar-refractivity contribution is -0.384. The van der Waals surface area contributed by atoms with Crippen molar-refractivity contribution in [2.45, 2.75) is 6.42 Å². The van der Waals surface area contributed by atoms with Crippen LogP contribution in [0.25, 0.3) is 11.4 Å². The molecule has 104 valence electrons. The summed E-state index contributed by atoms with van der Waals surface area (Å²) >= 11 is 0. The molecule has 21 heavy (non-hydrogen) atoms. The number of non-ortho nitro benzene ring substituents is 1. The van der Waals surface area contributed by atoms with Crippen molar-refractivity contribution in [3.8, 4) is 11.4 Å². The molecule has 0 bridgehead atoms. The summed E-state index contributed by atoms with van der Waals surface area (Å²) in [6, 6.07) is 16.4. The van der Waals surface area contributed by atoms with Crippen LogP contribution in [0, 0.1) is 10.1 Å². The van der Waals surface area contributed by atoms with Crippen molar-refractivity contribution in [3.05, 3.63) is 82.2 Å². The molecule has 1 aromatic heterocycles. The number of benzene rings is 2. The van der Waals surface area contributed by atoms with E-state index >= 15 is 0 Å². The highest BCUT2D eigenvalue weighted by molar-refractivity contribution is 5.54. The summed E-state index contributed by atoms with van der Waals surface area (Å²) < 4.78 is 0. The first-order valence-electron chi connectivity index (χ1n) is 6.55. The van der Waals surface area contributed by atoms with Gasteiger partial charge in [-0.3, -0.25) is 10.1 Å². The van der Waals surface area contributed by atoms with Gasteiger partial charge in [0.1, 0.15) is 5.82 Å². The van der Waals surface area contributed by atoms with Crippen molar-refractivity contribution < 1.29 is 4.92 Å². The molecular formula is C16H13N3O2. The van der Waals surface area contributed by atoms with Crippen molar-refractivity contribution in [1.29, 1.82) is 0 Å². The Morgan fingerprint density at radius 3 is 2.43 bits per heavy atom. The third-order valence-electron chi connectivity index (χ3n) is 3.22. The SMILES string of the molecule is O=[N+]([O-])c1ccc(Cc2cnc(-c3ccccc3)[nH]2)cc1.